The summed E-state index contributed by atoms with van der Waals surface area (Å²) in [6.45, 7) is 2.12. The molecule has 2 atom stereocenters. The zero-order valence-electron chi connectivity index (χ0n) is 11.8. The van der Waals surface area contributed by atoms with Crippen LogP contribution in [0.1, 0.15) is 18.0 Å². The molecule has 0 aliphatic carbocycles. The molecule has 0 aromatic heterocycles. The zero-order valence-corrected chi connectivity index (χ0v) is 12.6. The van der Waals surface area contributed by atoms with Crippen LogP contribution in [0, 0.1) is 0 Å². The van der Waals surface area contributed by atoms with Crippen molar-refractivity contribution in [1.29, 1.82) is 0 Å². The van der Waals surface area contributed by atoms with Crippen molar-refractivity contribution in [3.8, 4) is 0 Å². The Hall–Kier alpha value is -0.760. The molecule has 1 fully saturated rings. The Balaban J connectivity index is 2.05. The molecule has 1 aromatic carbocycles. The molecule has 3 nitrogen and oxygen atoms in total. The number of halogens is 3. The minimum absolute atomic E-state index is 0.0232. The van der Waals surface area contributed by atoms with E-state index >= 15 is 0 Å². The van der Waals surface area contributed by atoms with Crippen LogP contribution in [0.4, 0.5) is 13.2 Å². The van der Waals surface area contributed by atoms with Gasteiger partial charge >= 0.3 is 5.51 Å². The van der Waals surface area contributed by atoms with E-state index in [1.165, 1.54) is 12.1 Å². The van der Waals surface area contributed by atoms with Gasteiger partial charge in [-0.05, 0) is 35.9 Å². The number of nitrogens with zero attached hydrogens (tertiary/aromatic N) is 1. The maximum Gasteiger partial charge on any atom is 0.446 e. The predicted molar refractivity (Wildman–Crippen MR) is 77.1 cm³/mol. The highest BCUT2D eigenvalue weighted by molar-refractivity contribution is 8.00. The predicted octanol–water partition coefficient (Wildman–Crippen LogP) is 3.02. The summed E-state index contributed by atoms with van der Waals surface area (Å²) in [5, 5.41) is 0. The van der Waals surface area contributed by atoms with Crippen LogP contribution in [0.3, 0.4) is 0 Å². The largest absolute Gasteiger partial charge is 0.446 e. The first kappa shape index (κ1) is 16.6. The topological polar surface area (TPSA) is 38.5 Å². The minimum atomic E-state index is -4.25. The molecule has 0 spiro atoms. The third-order valence-electron chi connectivity index (χ3n) is 3.67. The number of rotatable bonds is 5. The number of ether oxygens (including phenoxy) is 1. The SMILES string of the molecule is COC1CCN(C(CN)c2ccc(SC(F)(F)F)cc2)C1. The van der Waals surface area contributed by atoms with E-state index in [1.807, 2.05) is 0 Å². The summed E-state index contributed by atoms with van der Waals surface area (Å²) in [5.74, 6) is 0. The first-order valence-electron chi connectivity index (χ1n) is 6.75. The van der Waals surface area contributed by atoms with Crippen molar-refractivity contribution in [2.75, 3.05) is 26.7 Å². The van der Waals surface area contributed by atoms with Crippen LogP contribution < -0.4 is 5.73 Å². The summed E-state index contributed by atoms with van der Waals surface area (Å²) >= 11 is -0.0998. The fraction of sp³-hybridized carbons (Fsp3) is 0.571. The lowest BCUT2D eigenvalue weighted by molar-refractivity contribution is -0.0328. The van der Waals surface area contributed by atoms with Crippen molar-refractivity contribution in [3.63, 3.8) is 0 Å². The molecule has 0 saturated carbocycles. The molecule has 2 N–H and O–H groups in total. The lowest BCUT2D eigenvalue weighted by Crippen LogP contribution is -2.32. The molecule has 1 aliphatic heterocycles. The summed E-state index contributed by atoms with van der Waals surface area (Å²) in [7, 11) is 1.69. The summed E-state index contributed by atoms with van der Waals surface area (Å²) in [5.41, 5.74) is 2.53. The van der Waals surface area contributed by atoms with Crippen molar-refractivity contribution >= 4 is 11.8 Å². The Bertz CT molecular complexity index is 453. The van der Waals surface area contributed by atoms with Crippen molar-refractivity contribution in [1.82, 2.24) is 4.90 Å². The van der Waals surface area contributed by atoms with Gasteiger partial charge in [-0.3, -0.25) is 4.90 Å². The van der Waals surface area contributed by atoms with Gasteiger partial charge < -0.3 is 10.5 Å². The summed E-state index contributed by atoms with van der Waals surface area (Å²) in [4.78, 5) is 2.42. The highest BCUT2D eigenvalue weighted by atomic mass is 32.2. The lowest BCUT2D eigenvalue weighted by atomic mass is 10.1. The molecule has 0 amide bonds. The van der Waals surface area contributed by atoms with Gasteiger partial charge in [0.25, 0.3) is 0 Å². The van der Waals surface area contributed by atoms with Crippen LogP contribution >= 0.6 is 11.8 Å². The molecular weight excluding hydrogens is 301 g/mol. The third kappa shape index (κ3) is 4.60. The number of alkyl halides is 3. The summed E-state index contributed by atoms with van der Waals surface area (Å²) in [6, 6.07) is 6.48. The van der Waals surface area contributed by atoms with Gasteiger partial charge in [0.1, 0.15) is 0 Å². The molecule has 1 aromatic rings. The first-order chi connectivity index (χ1) is 9.93. The molecule has 21 heavy (non-hydrogen) atoms. The average Bonchev–Trinajstić information content (AvgIpc) is 2.88. The van der Waals surface area contributed by atoms with Gasteiger partial charge in [-0.25, -0.2) is 0 Å². The second kappa shape index (κ2) is 7.00. The Morgan fingerprint density at radius 1 is 1.38 bits per heavy atom. The van der Waals surface area contributed by atoms with Gasteiger partial charge in [-0.1, -0.05) is 12.1 Å². The molecule has 1 saturated heterocycles. The van der Waals surface area contributed by atoms with Gasteiger partial charge in [-0.15, -0.1) is 0 Å². The highest BCUT2D eigenvalue weighted by Gasteiger charge is 2.30. The fourth-order valence-corrected chi connectivity index (χ4v) is 3.16. The van der Waals surface area contributed by atoms with E-state index in [9.17, 15) is 13.2 Å². The number of benzene rings is 1. The Labute approximate surface area is 126 Å². The monoisotopic (exact) mass is 320 g/mol. The van der Waals surface area contributed by atoms with E-state index in [0.717, 1.165) is 25.1 Å². The number of hydrogen-bond donors (Lipinski definition) is 1. The quantitative estimate of drug-likeness (QED) is 0.847. The van der Waals surface area contributed by atoms with Gasteiger partial charge in [0.2, 0.25) is 0 Å². The Morgan fingerprint density at radius 3 is 2.52 bits per heavy atom. The summed E-state index contributed by atoms with van der Waals surface area (Å²) in [6.07, 6.45) is 1.16. The molecule has 118 valence electrons. The van der Waals surface area contributed by atoms with Gasteiger partial charge in [-0.2, -0.15) is 13.2 Å². The third-order valence-corrected chi connectivity index (χ3v) is 4.41. The fourth-order valence-electron chi connectivity index (χ4n) is 2.62. The smallest absolute Gasteiger partial charge is 0.380 e. The Morgan fingerprint density at radius 2 is 2.05 bits per heavy atom. The number of thioether (sulfide) groups is 1. The molecule has 2 rings (SSSR count). The number of hydrogen-bond acceptors (Lipinski definition) is 4. The van der Waals surface area contributed by atoms with E-state index in [1.54, 1.807) is 19.2 Å². The molecular formula is C14H19F3N2OS. The maximum atomic E-state index is 12.3. The zero-order chi connectivity index (χ0) is 15.5. The normalized spacial score (nSPS) is 21.7. The minimum Gasteiger partial charge on any atom is -0.380 e. The van der Waals surface area contributed by atoms with Crippen molar-refractivity contribution in [2.24, 2.45) is 5.73 Å². The second-order valence-corrected chi connectivity index (χ2v) is 6.15. The second-order valence-electron chi connectivity index (χ2n) is 5.01. The number of likely N-dealkylation sites (tertiary alicyclic amines) is 1. The van der Waals surface area contributed by atoms with Gasteiger partial charge in [0.05, 0.1) is 6.10 Å². The van der Waals surface area contributed by atoms with Crippen molar-refractivity contribution in [3.05, 3.63) is 29.8 Å². The average molecular weight is 320 g/mol. The van der Waals surface area contributed by atoms with Crippen molar-refractivity contribution in [2.45, 2.75) is 29.0 Å². The summed E-state index contributed by atoms with van der Waals surface area (Å²) < 4.78 is 42.3. The van der Waals surface area contributed by atoms with E-state index in [2.05, 4.69) is 4.90 Å². The van der Waals surface area contributed by atoms with E-state index in [0.29, 0.717) is 6.54 Å². The first-order valence-corrected chi connectivity index (χ1v) is 7.57. The van der Waals surface area contributed by atoms with Crippen LogP contribution in [0.5, 0.6) is 0 Å². The van der Waals surface area contributed by atoms with Crippen LogP contribution in [0.25, 0.3) is 0 Å². The van der Waals surface area contributed by atoms with Crippen molar-refractivity contribution < 1.29 is 17.9 Å². The highest BCUT2D eigenvalue weighted by Crippen LogP contribution is 2.37. The lowest BCUT2D eigenvalue weighted by Gasteiger charge is -2.27. The van der Waals surface area contributed by atoms with Gasteiger partial charge in [0.15, 0.2) is 0 Å². The molecule has 7 heteroatoms. The van der Waals surface area contributed by atoms with E-state index in [4.69, 9.17) is 10.5 Å². The molecule has 0 radical (unpaired) electrons. The van der Waals surface area contributed by atoms with E-state index in [-0.39, 0.29) is 28.8 Å². The molecule has 0 bridgehead atoms. The van der Waals surface area contributed by atoms with Crippen LogP contribution in [0.15, 0.2) is 29.2 Å². The van der Waals surface area contributed by atoms with E-state index < -0.39 is 5.51 Å². The number of nitrogens with two attached hydrogens (primary N) is 1. The van der Waals surface area contributed by atoms with Crippen LogP contribution in [-0.4, -0.2) is 43.3 Å². The number of methoxy groups -OCH3 is 1. The maximum absolute atomic E-state index is 12.3. The molecule has 1 heterocycles. The Kier molecular flexibility index (Phi) is 5.54. The van der Waals surface area contributed by atoms with Gasteiger partial charge in [0, 0.05) is 37.7 Å². The van der Waals surface area contributed by atoms with Crippen LogP contribution in [0.2, 0.25) is 0 Å². The molecule has 1 aliphatic rings. The standard InChI is InChI=1S/C14H19F3N2OS/c1-20-11-6-7-19(9-11)13(8-18)10-2-4-12(5-3-10)21-14(15,16)17/h2-5,11,13H,6-9,18H2,1H3. The van der Waals surface area contributed by atoms with Crippen LogP contribution in [-0.2, 0) is 4.74 Å². The molecule has 2 unspecified atom stereocenters.